The zero-order valence-corrected chi connectivity index (χ0v) is 18.8. The molecule has 2 fully saturated rings. The van der Waals surface area contributed by atoms with Gasteiger partial charge in [0, 0.05) is 37.5 Å². The molecular formula is C24H31N3O3S. The number of sulfone groups is 1. The Labute approximate surface area is 185 Å². The third kappa shape index (κ3) is 6.08. The van der Waals surface area contributed by atoms with Crippen LogP contribution in [0, 0.1) is 0 Å². The van der Waals surface area contributed by atoms with Gasteiger partial charge >= 0.3 is 6.03 Å². The van der Waals surface area contributed by atoms with Crippen molar-refractivity contribution in [2.24, 2.45) is 0 Å². The molecule has 4 rings (SSSR count). The molecule has 2 aliphatic heterocycles. The van der Waals surface area contributed by atoms with Crippen molar-refractivity contribution >= 4 is 15.9 Å². The van der Waals surface area contributed by atoms with E-state index in [2.05, 4.69) is 45.9 Å². The number of piperidine rings is 1. The highest BCUT2D eigenvalue weighted by molar-refractivity contribution is 7.89. The van der Waals surface area contributed by atoms with Gasteiger partial charge in [0.1, 0.15) is 0 Å². The Morgan fingerprint density at radius 3 is 2.16 bits per heavy atom. The van der Waals surface area contributed by atoms with Gasteiger partial charge in [-0.05, 0) is 42.4 Å². The number of hydrogen-bond acceptors (Lipinski definition) is 4. The van der Waals surface area contributed by atoms with Crippen molar-refractivity contribution in [1.82, 2.24) is 15.5 Å². The smallest absolute Gasteiger partial charge is 0.315 e. The van der Waals surface area contributed by atoms with Crippen molar-refractivity contribution in [3.05, 3.63) is 71.3 Å². The summed E-state index contributed by atoms with van der Waals surface area (Å²) in [6, 6.07) is 19.1. The monoisotopic (exact) mass is 441 g/mol. The summed E-state index contributed by atoms with van der Waals surface area (Å²) < 4.78 is 22.8. The number of nitrogens with zero attached hydrogens (tertiary/aromatic N) is 1. The number of fused-ring (bicyclic) bond motifs is 2. The van der Waals surface area contributed by atoms with E-state index in [9.17, 15) is 13.2 Å². The molecule has 0 saturated carbocycles. The first-order valence-corrected chi connectivity index (χ1v) is 13.0. The first kappa shape index (κ1) is 21.8. The molecule has 2 saturated heterocycles. The summed E-state index contributed by atoms with van der Waals surface area (Å²) in [6.07, 6.45) is 5.63. The summed E-state index contributed by atoms with van der Waals surface area (Å²) in [4.78, 5) is 15.0. The second-order valence-corrected chi connectivity index (χ2v) is 11.1. The van der Waals surface area contributed by atoms with Crippen LogP contribution in [0.4, 0.5) is 4.79 Å². The van der Waals surface area contributed by atoms with Crippen LogP contribution < -0.4 is 10.6 Å². The molecule has 31 heavy (non-hydrogen) atoms. The van der Waals surface area contributed by atoms with Crippen LogP contribution in [0.1, 0.15) is 42.4 Å². The van der Waals surface area contributed by atoms with Crippen LogP contribution in [0.25, 0.3) is 0 Å². The molecule has 2 unspecified atom stereocenters. The van der Waals surface area contributed by atoms with E-state index in [0.717, 1.165) is 30.5 Å². The average molecular weight is 442 g/mol. The number of carbonyl (C=O) groups excluding carboxylic acids is 1. The SMILES string of the molecule is CS(=O)(=O)Cc1ccc(CNC(=O)NC2CC3CCC(C2)N3Cc2ccccc2)cc1. The van der Waals surface area contributed by atoms with Gasteiger partial charge in [0.05, 0.1) is 5.75 Å². The molecule has 7 heteroatoms. The summed E-state index contributed by atoms with van der Waals surface area (Å²) in [7, 11) is -3.04. The van der Waals surface area contributed by atoms with Gasteiger partial charge in [-0.15, -0.1) is 0 Å². The van der Waals surface area contributed by atoms with E-state index < -0.39 is 9.84 Å². The molecule has 2 heterocycles. The topological polar surface area (TPSA) is 78.5 Å². The van der Waals surface area contributed by atoms with Crippen molar-refractivity contribution < 1.29 is 13.2 Å². The molecule has 0 aliphatic carbocycles. The normalized spacial score (nSPS) is 23.5. The first-order valence-electron chi connectivity index (χ1n) is 11.0. The maximum absolute atomic E-state index is 12.4. The maximum atomic E-state index is 12.4. The van der Waals surface area contributed by atoms with E-state index in [1.54, 1.807) is 12.1 Å². The van der Waals surface area contributed by atoms with E-state index in [1.165, 1.54) is 24.7 Å². The Bertz CT molecular complexity index is 978. The number of urea groups is 1. The molecule has 0 aromatic heterocycles. The standard InChI is InChI=1S/C24H31N3O3S/c1-31(29,30)17-20-9-7-18(8-10-20)15-25-24(28)26-21-13-22-11-12-23(14-21)27(22)16-19-5-3-2-4-6-19/h2-10,21-23H,11-17H2,1H3,(H2,25,26,28). The molecule has 166 valence electrons. The third-order valence-electron chi connectivity index (χ3n) is 6.33. The summed E-state index contributed by atoms with van der Waals surface area (Å²) in [6.45, 7) is 1.41. The van der Waals surface area contributed by atoms with Crippen molar-refractivity contribution in [2.45, 2.75) is 62.7 Å². The average Bonchev–Trinajstić information content (AvgIpc) is 2.95. The summed E-state index contributed by atoms with van der Waals surface area (Å²) >= 11 is 0. The second kappa shape index (κ2) is 9.40. The van der Waals surface area contributed by atoms with E-state index in [0.29, 0.717) is 18.6 Å². The van der Waals surface area contributed by atoms with Gasteiger partial charge in [0.2, 0.25) is 0 Å². The number of carbonyl (C=O) groups is 1. The molecular weight excluding hydrogens is 410 g/mol. The van der Waals surface area contributed by atoms with E-state index in [1.807, 2.05) is 12.1 Å². The van der Waals surface area contributed by atoms with Crippen LogP contribution in [-0.2, 0) is 28.7 Å². The van der Waals surface area contributed by atoms with Crippen molar-refractivity contribution in [2.75, 3.05) is 6.26 Å². The molecule has 0 spiro atoms. The number of amides is 2. The fourth-order valence-corrected chi connectivity index (χ4v) is 5.72. The van der Waals surface area contributed by atoms with Gasteiger partial charge < -0.3 is 10.6 Å². The third-order valence-corrected chi connectivity index (χ3v) is 7.19. The molecule has 2 aromatic carbocycles. The molecule has 0 radical (unpaired) electrons. The minimum Gasteiger partial charge on any atom is -0.335 e. The minimum atomic E-state index is -3.04. The van der Waals surface area contributed by atoms with Gasteiger partial charge in [-0.25, -0.2) is 13.2 Å². The van der Waals surface area contributed by atoms with Gasteiger partial charge in [0.25, 0.3) is 0 Å². The van der Waals surface area contributed by atoms with E-state index in [4.69, 9.17) is 0 Å². The highest BCUT2D eigenvalue weighted by Gasteiger charge is 2.40. The van der Waals surface area contributed by atoms with Crippen molar-refractivity contribution in [1.29, 1.82) is 0 Å². The van der Waals surface area contributed by atoms with E-state index in [-0.39, 0.29) is 17.8 Å². The highest BCUT2D eigenvalue weighted by Crippen LogP contribution is 2.36. The van der Waals surface area contributed by atoms with Gasteiger partial charge in [-0.1, -0.05) is 54.6 Å². The Balaban J connectivity index is 1.24. The fraction of sp³-hybridized carbons (Fsp3) is 0.458. The molecule has 2 N–H and O–H groups in total. The fourth-order valence-electron chi connectivity index (χ4n) is 4.92. The molecule has 2 aliphatic rings. The quantitative estimate of drug-likeness (QED) is 0.692. The van der Waals surface area contributed by atoms with Crippen molar-refractivity contribution in [3.8, 4) is 0 Å². The van der Waals surface area contributed by atoms with Gasteiger partial charge in [-0.3, -0.25) is 4.90 Å². The maximum Gasteiger partial charge on any atom is 0.315 e. The molecule has 6 nitrogen and oxygen atoms in total. The summed E-state index contributed by atoms with van der Waals surface area (Å²) in [5.74, 6) is 0.0342. The zero-order valence-electron chi connectivity index (χ0n) is 18.0. The Hall–Kier alpha value is -2.38. The Morgan fingerprint density at radius 1 is 0.935 bits per heavy atom. The predicted octanol–water partition coefficient (Wildman–Crippen LogP) is 3.23. The molecule has 2 atom stereocenters. The number of rotatable bonds is 7. The highest BCUT2D eigenvalue weighted by atomic mass is 32.2. The molecule has 2 amide bonds. The predicted molar refractivity (Wildman–Crippen MR) is 122 cm³/mol. The number of nitrogens with one attached hydrogen (secondary N) is 2. The lowest BCUT2D eigenvalue weighted by Gasteiger charge is -2.39. The van der Waals surface area contributed by atoms with E-state index >= 15 is 0 Å². The zero-order chi connectivity index (χ0) is 21.8. The van der Waals surface area contributed by atoms with Crippen LogP contribution in [-0.4, -0.2) is 43.7 Å². The van der Waals surface area contributed by atoms with Crippen molar-refractivity contribution in [3.63, 3.8) is 0 Å². The molecule has 2 aromatic rings. The Morgan fingerprint density at radius 2 is 1.55 bits per heavy atom. The largest absolute Gasteiger partial charge is 0.335 e. The first-order chi connectivity index (χ1) is 14.9. The summed E-state index contributed by atoms with van der Waals surface area (Å²) in [5, 5.41) is 6.09. The second-order valence-electron chi connectivity index (χ2n) is 8.92. The van der Waals surface area contributed by atoms with Crippen LogP contribution in [0.5, 0.6) is 0 Å². The van der Waals surface area contributed by atoms with Crippen LogP contribution in [0.15, 0.2) is 54.6 Å². The minimum absolute atomic E-state index is 0.0342. The lowest BCUT2D eigenvalue weighted by molar-refractivity contribution is 0.111. The van der Waals surface area contributed by atoms with Gasteiger partial charge in [-0.2, -0.15) is 0 Å². The van der Waals surface area contributed by atoms with Crippen LogP contribution >= 0.6 is 0 Å². The van der Waals surface area contributed by atoms with Gasteiger partial charge in [0.15, 0.2) is 9.84 Å². The number of hydrogen-bond donors (Lipinski definition) is 2. The summed E-state index contributed by atoms with van der Waals surface area (Å²) in [5.41, 5.74) is 3.06. The lowest BCUT2D eigenvalue weighted by atomic mass is 9.96. The molecule has 2 bridgehead atoms. The van der Waals surface area contributed by atoms with Crippen LogP contribution in [0.2, 0.25) is 0 Å². The Kier molecular flexibility index (Phi) is 6.62. The lowest BCUT2D eigenvalue weighted by Crippen LogP contribution is -2.51. The number of benzene rings is 2. The van der Waals surface area contributed by atoms with Crippen LogP contribution in [0.3, 0.4) is 0 Å².